The molecule has 0 radical (unpaired) electrons. The van der Waals surface area contributed by atoms with Gasteiger partial charge in [0.25, 0.3) is 0 Å². The van der Waals surface area contributed by atoms with E-state index in [4.69, 9.17) is 0 Å². The SMILES string of the molecule is CCCCC(CC)C(=O)[O-].CCCC[NH+](CCCC)CCCC. The summed E-state index contributed by atoms with van der Waals surface area (Å²) >= 11 is 0. The van der Waals surface area contributed by atoms with Crippen molar-refractivity contribution in [3.63, 3.8) is 0 Å². The maximum atomic E-state index is 10.3. The summed E-state index contributed by atoms with van der Waals surface area (Å²) < 4.78 is 0. The molecular weight excluding hydrogens is 286 g/mol. The second-order valence-electron chi connectivity index (χ2n) is 6.63. The molecule has 1 atom stereocenters. The van der Waals surface area contributed by atoms with Crippen LogP contribution >= 0.6 is 0 Å². The van der Waals surface area contributed by atoms with Gasteiger partial charge in [0, 0.05) is 5.97 Å². The molecule has 0 spiro atoms. The molecule has 0 aromatic rings. The minimum atomic E-state index is -0.893. The van der Waals surface area contributed by atoms with Crippen molar-refractivity contribution in [3.05, 3.63) is 0 Å². The molecule has 0 aliphatic carbocycles. The third-order valence-electron chi connectivity index (χ3n) is 4.38. The summed E-state index contributed by atoms with van der Waals surface area (Å²) in [4.78, 5) is 12.2. The molecule has 23 heavy (non-hydrogen) atoms. The Morgan fingerprint density at radius 1 is 0.783 bits per heavy atom. The molecular formula is C20H43NO2. The van der Waals surface area contributed by atoms with Gasteiger partial charge >= 0.3 is 0 Å². The lowest BCUT2D eigenvalue weighted by Gasteiger charge is -2.18. The van der Waals surface area contributed by atoms with Crippen molar-refractivity contribution in [2.24, 2.45) is 5.92 Å². The standard InChI is InChI=1S/C12H27N.C8H16O2/c1-4-7-10-13(11-8-5-2)12-9-6-3;1-3-5-6-7(4-2)8(9)10/h4-12H2,1-3H3;7H,3-6H2,1-2H3,(H,9,10). The van der Waals surface area contributed by atoms with Gasteiger partial charge in [0.05, 0.1) is 19.6 Å². The second kappa shape index (κ2) is 19.5. The maximum Gasteiger partial charge on any atom is 0.0770 e. The van der Waals surface area contributed by atoms with Crippen LogP contribution in [0.25, 0.3) is 0 Å². The highest BCUT2D eigenvalue weighted by molar-refractivity contribution is 5.67. The van der Waals surface area contributed by atoms with Gasteiger partial charge in [0.2, 0.25) is 0 Å². The van der Waals surface area contributed by atoms with Crippen molar-refractivity contribution in [3.8, 4) is 0 Å². The quantitative estimate of drug-likeness (QED) is 0.532. The number of carbonyl (C=O) groups is 1. The van der Waals surface area contributed by atoms with Crippen LogP contribution in [0.15, 0.2) is 0 Å². The summed E-state index contributed by atoms with van der Waals surface area (Å²) in [7, 11) is 0. The highest BCUT2D eigenvalue weighted by atomic mass is 16.4. The highest BCUT2D eigenvalue weighted by Gasteiger charge is 2.05. The molecule has 3 heteroatoms. The Bertz CT molecular complexity index is 225. The molecule has 1 unspecified atom stereocenters. The molecule has 3 nitrogen and oxygen atoms in total. The van der Waals surface area contributed by atoms with Gasteiger partial charge in [-0.3, -0.25) is 0 Å². The summed E-state index contributed by atoms with van der Waals surface area (Å²) in [6, 6.07) is 0. The Morgan fingerprint density at radius 3 is 1.43 bits per heavy atom. The largest absolute Gasteiger partial charge is 0.550 e. The first-order valence-corrected chi connectivity index (χ1v) is 10.1. The van der Waals surface area contributed by atoms with E-state index >= 15 is 0 Å². The molecule has 1 N–H and O–H groups in total. The molecule has 0 saturated carbocycles. The van der Waals surface area contributed by atoms with Crippen LogP contribution in [0.2, 0.25) is 0 Å². The van der Waals surface area contributed by atoms with E-state index in [1.165, 1.54) is 58.2 Å². The fourth-order valence-electron chi connectivity index (χ4n) is 2.59. The molecule has 140 valence electrons. The lowest BCUT2D eigenvalue weighted by atomic mass is 10.00. The Kier molecular flexibility index (Phi) is 20.9. The normalized spacial score (nSPS) is 11.9. The highest BCUT2D eigenvalue weighted by Crippen LogP contribution is 2.10. The molecule has 0 aliphatic heterocycles. The smallest absolute Gasteiger partial charge is 0.0770 e. The van der Waals surface area contributed by atoms with Crippen LogP contribution in [0.1, 0.15) is 98.8 Å². The number of carboxylic acids is 1. The third-order valence-corrected chi connectivity index (χ3v) is 4.38. The maximum absolute atomic E-state index is 10.3. The average Bonchev–Trinajstić information content (AvgIpc) is 2.55. The Balaban J connectivity index is 0. The Labute approximate surface area is 145 Å². The molecule has 0 aromatic heterocycles. The molecule has 0 rings (SSSR count). The minimum absolute atomic E-state index is 0.222. The van der Waals surface area contributed by atoms with E-state index in [1.807, 2.05) is 11.8 Å². The Hall–Kier alpha value is -0.570. The lowest BCUT2D eigenvalue weighted by Crippen LogP contribution is -3.12. The molecule has 0 amide bonds. The zero-order valence-corrected chi connectivity index (χ0v) is 16.6. The van der Waals surface area contributed by atoms with Crippen molar-refractivity contribution in [2.45, 2.75) is 98.8 Å². The number of nitrogens with one attached hydrogen (secondary N) is 1. The van der Waals surface area contributed by atoms with E-state index in [2.05, 4.69) is 27.7 Å². The van der Waals surface area contributed by atoms with Crippen LogP contribution in [0, 0.1) is 5.92 Å². The van der Waals surface area contributed by atoms with E-state index in [0.29, 0.717) is 6.42 Å². The second-order valence-corrected chi connectivity index (χ2v) is 6.63. The van der Waals surface area contributed by atoms with Crippen LogP contribution in [0.3, 0.4) is 0 Å². The number of rotatable bonds is 14. The predicted octanol–water partition coefficient (Wildman–Crippen LogP) is 3.22. The zero-order chi connectivity index (χ0) is 17.9. The molecule has 0 aromatic carbocycles. The summed E-state index contributed by atoms with van der Waals surface area (Å²) in [5, 5.41) is 10.3. The van der Waals surface area contributed by atoms with E-state index in [1.54, 1.807) is 0 Å². The van der Waals surface area contributed by atoms with E-state index in [9.17, 15) is 9.90 Å². The van der Waals surface area contributed by atoms with Crippen LogP contribution in [0.5, 0.6) is 0 Å². The summed E-state index contributed by atoms with van der Waals surface area (Å²) in [6.07, 6.45) is 11.8. The van der Waals surface area contributed by atoms with Gasteiger partial charge in [0.15, 0.2) is 0 Å². The summed E-state index contributed by atoms with van der Waals surface area (Å²) in [5.41, 5.74) is 0. The molecule has 0 aliphatic rings. The van der Waals surface area contributed by atoms with Gasteiger partial charge < -0.3 is 14.8 Å². The van der Waals surface area contributed by atoms with E-state index < -0.39 is 5.97 Å². The first-order chi connectivity index (χ1) is 11.1. The van der Waals surface area contributed by atoms with Crippen molar-refractivity contribution in [1.29, 1.82) is 0 Å². The van der Waals surface area contributed by atoms with Crippen molar-refractivity contribution in [2.75, 3.05) is 19.6 Å². The van der Waals surface area contributed by atoms with Gasteiger partial charge in [-0.05, 0) is 38.0 Å². The minimum Gasteiger partial charge on any atom is -0.550 e. The Morgan fingerprint density at radius 2 is 1.17 bits per heavy atom. The number of hydrogen-bond acceptors (Lipinski definition) is 2. The number of aliphatic carboxylic acids is 1. The molecule has 0 saturated heterocycles. The summed E-state index contributed by atoms with van der Waals surface area (Å²) in [6.45, 7) is 15.0. The van der Waals surface area contributed by atoms with E-state index in [-0.39, 0.29) is 5.92 Å². The van der Waals surface area contributed by atoms with Crippen LogP contribution in [-0.2, 0) is 4.79 Å². The first kappa shape index (κ1) is 24.7. The summed E-state index contributed by atoms with van der Waals surface area (Å²) in [5.74, 6) is -1.11. The molecule has 0 fully saturated rings. The fraction of sp³-hybridized carbons (Fsp3) is 0.950. The number of quaternary nitrogens is 1. The molecule has 0 heterocycles. The topological polar surface area (TPSA) is 44.6 Å². The van der Waals surface area contributed by atoms with Crippen molar-refractivity contribution < 1.29 is 14.8 Å². The van der Waals surface area contributed by atoms with Crippen LogP contribution in [0.4, 0.5) is 0 Å². The van der Waals surface area contributed by atoms with Crippen molar-refractivity contribution >= 4 is 5.97 Å². The van der Waals surface area contributed by atoms with Gasteiger partial charge in [-0.25, -0.2) is 0 Å². The van der Waals surface area contributed by atoms with Crippen LogP contribution in [-0.4, -0.2) is 25.6 Å². The van der Waals surface area contributed by atoms with Gasteiger partial charge in [-0.2, -0.15) is 0 Å². The zero-order valence-electron chi connectivity index (χ0n) is 16.6. The van der Waals surface area contributed by atoms with E-state index in [0.717, 1.165) is 19.3 Å². The number of unbranched alkanes of at least 4 members (excludes halogenated alkanes) is 4. The fourth-order valence-corrected chi connectivity index (χ4v) is 2.59. The monoisotopic (exact) mass is 329 g/mol. The first-order valence-electron chi connectivity index (χ1n) is 10.1. The molecule has 0 bridgehead atoms. The van der Waals surface area contributed by atoms with Crippen LogP contribution < -0.4 is 10.0 Å². The van der Waals surface area contributed by atoms with Gasteiger partial charge in [0.1, 0.15) is 0 Å². The number of hydrogen-bond donors (Lipinski definition) is 1. The van der Waals surface area contributed by atoms with Gasteiger partial charge in [-0.15, -0.1) is 0 Å². The number of carbonyl (C=O) groups excluding carboxylic acids is 1. The van der Waals surface area contributed by atoms with Crippen molar-refractivity contribution in [1.82, 2.24) is 0 Å². The average molecular weight is 330 g/mol. The lowest BCUT2D eigenvalue weighted by molar-refractivity contribution is -0.900. The third kappa shape index (κ3) is 17.6. The van der Waals surface area contributed by atoms with Gasteiger partial charge in [-0.1, -0.05) is 66.7 Å². The number of carboxylic acid groups (broad SMARTS) is 1. The predicted molar refractivity (Wildman–Crippen MR) is 98.6 cm³/mol.